The molecule has 4 heteroatoms. The number of aryl methyl sites for hydroxylation is 1. The SMILES string of the molecule is Cc1n[c]cnc1C(=O)O. The van der Waals surface area contributed by atoms with E-state index in [2.05, 4.69) is 16.2 Å². The molecule has 0 amide bonds. The van der Waals surface area contributed by atoms with Gasteiger partial charge in [0.25, 0.3) is 0 Å². The van der Waals surface area contributed by atoms with Gasteiger partial charge in [-0.3, -0.25) is 0 Å². The molecule has 1 aromatic heterocycles. The molecule has 1 N–H and O–H groups in total. The second-order valence-electron chi connectivity index (χ2n) is 1.74. The highest BCUT2D eigenvalue weighted by molar-refractivity contribution is 5.86. The van der Waals surface area contributed by atoms with Crippen molar-refractivity contribution in [3.8, 4) is 0 Å². The van der Waals surface area contributed by atoms with Gasteiger partial charge in [-0.1, -0.05) is 0 Å². The maximum atomic E-state index is 10.3. The molecule has 1 radical (unpaired) electrons. The minimum absolute atomic E-state index is 0.0150. The third kappa shape index (κ3) is 1.10. The summed E-state index contributed by atoms with van der Waals surface area (Å²) in [4.78, 5) is 17.5. The predicted octanol–water partition coefficient (Wildman–Crippen LogP) is 0.283. The summed E-state index contributed by atoms with van der Waals surface area (Å²) in [6.45, 7) is 1.58. The second kappa shape index (κ2) is 2.43. The molecule has 0 aliphatic carbocycles. The topological polar surface area (TPSA) is 63.1 Å². The second-order valence-corrected chi connectivity index (χ2v) is 1.74. The zero-order valence-electron chi connectivity index (χ0n) is 5.33. The van der Waals surface area contributed by atoms with E-state index in [4.69, 9.17) is 5.11 Å². The van der Waals surface area contributed by atoms with Gasteiger partial charge in [0.2, 0.25) is 0 Å². The molecular formula is C6H5N2O2. The third-order valence-electron chi connectivity index (χ3n) is 1.03. The van der Waals surface area contributed by atoms with Crippen molar-refractivity contribution in [3.05, 3.63) is 23.8 Å². The van der Waals surface area contributed by atoms with E-state index in [0.29, 0.717) is 5.69 Å². The molecule has 0 aliphatic heterocycles. The lowest BCUT2D eigenvalue weighted by Crippen LogP contribution is -2.03. The van der Waals surface area contributed by atoms with Crippen molar-refractivity contribution >= 4 is 5.97 Å². The first kappa shape index (κ1) is 6.67. The summed E-state index contributed by atoms with van der Waals surface area (Å²) >= 11 is 0. The molecule has 0 atom stereocenters. The molecule has 1 aromatic rings. The van der Waals surface area contributed by atoms with E-state index < -0.39 is 5.97 Å². The molecule has 0 aromatic carbocycles. The minimum atomic E-state index is -1.06. The van der Waals surface area contributed by atoms with Crippen molar-refractivity contribution in [2.45, 2.75) is 6.92 Å². The fourth-order valence-electron chi connectivity index (χ4n) is 0.575. The van der Waals surface area contributed by atoms with Gasteiger partial charge in [0, 0.05) is 0 Å². The zero-order chi connectivity index (χ0) is 7.56. The Labute approximate surface area is 57.6 Å². The van der Waals surface area contributed by atoms with Gasteiger partial charge < -0.3 is 5.11 Å². The molecule has 0 saturated heterocycles. The van der Waals surface area contributed by atoms with E-state index in [1.807, 2.05) is 0 Å². The number of carboxylic acid groups (broad SMARTS) is 1. The summed E-state index contributed by atoms with van der Waals surface area (Å²) in [5.41, 5.74) is 0.369. The monoisotopic (exact) mass is 137 g/mol. The Kier molecular flexibility index (Phi) is 1.62. The average Bonchev–Trinajstić information content (AvgIpc) is 1.88. The van der Waals surface area contributed by atoms with E-state index >= 15 is 0 Å². The molecule has 0 unspecified atom stereocenters. The summed E-state index contributed by atoms with van der Waals surface area (Å²) in [5.74, 6) is -1.06. The number of rotatable bonds is 1. The van der Waals surface area contributed by atoms with Crippen LogP contribution in [0.25, 0.3) is 0 Å². The summed E-state index contributed by atoms with van der Waals surface area (Å²) in [7, 11) is 0. The maximum absolute atomic E-state index is 10.3. The van der Waals surface area contributed by atoms with E-state index in [0.717, 1.165) is 0 Å². The quantitative estimate of drug-likeness (QED) is 0.604. The van der Waals surface area contributed by atoms with E-state index in [1.54, 1.807) is 6.92 Å². The molecule has 0 bridgehead atoms. The van der Waals surface area contributed by atoms with Gasteiger partial charge in [0.05, 0.1) is 11.9 Å². The molecule has 1 rings (SSSR count). The van der Waals surface area contributed by atoms with Gasteiger partial charge in [-0.25, -0.2) is 14.8 Å². The molecule has 1 heterocycles. The van der Waals surface area contributed by atoms with E-state index in [9.17, 15) is 4.79 Å². The van der Waals surface area contributed by atoms with Gasteiger partial charge >= 0.3 is 5.97 Å². The normalized spacial score (nSPS) is 9.30. The van der Waals surface area contributed by atoms with Crippen molar-refractivity contribution < 1.29 is 9.90 Å². The van der Waals surface area contributed by atoms with Crippen LogP contribution in [-0.4, -0.2) is 21.0 Å². The molecular weight excluding hydrogens is 132 g/mol. The zero-order valence-corrected chi connectivity index (χ0v) is 5.33. The number of hydrogen-bond donors (Lipinski definition) is 1. The first-order valence-corrected chi connectivity index (χ1v) is 2.65. The van der Waals surface area contributed by atoms with Gasteiger partial charge in [0.15, 0.2) is 5.69 Å². The van der Waals surface area contributed by atoms with Crippen LogP contribution in [0.5, 0.6) is 0 Å². The van der Waals surface area contributed by atoms with Crippen molar-refractivity contribution in [3.63, 3.8) is 0 Å². The Morgan fingerprint density at radius 2 is 2.50 bits per heavy atom. The van der Waals surface area contributed by atoms with Crippen LogP contribution in [0.3, 0.4) is 0 Å². The highest BCUT2D eigenvalue weighted by Gasteiger charge is 2.06. The summed E-state index contributed by atoms with van der Waals surface area (Å²) < 4.78 is 0. The lowest BCUT2D eigenvalue weighted by atomic mass is 10.3. The van der Waals surface area contributed by atoms with Crippen LogP contribution < -0.4 is 0 Å². The molecule has 0 aliphatic rings. The Hall–Kier alpha value is -1.45. The van der Waals surface area contributed by atoms with Crippen molar-refractivity contribution in [1.29, 1.82) is 0 Å². The van der Waals surface area contributed by atoms with Crippen LogP contribution in [-0.2, 0) is 0 Å². The molecule has 51 valence electrons. The lowest BCUT2D eigenvalue weighted by molar-refractivity contribution is 0.0689. The van der Waals surface area contributed by atoms with Crippen LogP contribution in [0.1, 0.15) is 16.2 Å². The number of aromatic carboxylic acids is 1. The highest BCUT2D eigenvalue weighted by atomic mass is 16.4. The van der Waals surface area contributed by atoms with Crippen LogP contribution in [0.15, 0.2) is 6.20 Å². The number of aromatic nitrogens is 2. The fourth-order valence-corrected chi connectivity index (χ4v) is 0.575. The lowest BCUT2D eigenvalue weighted by Gasteiger charge is -1.93. The van der Waals surface area contributed by atoms with Crippen LogP contribution in [0.4, 0.5) is 0 Å². The largest absolute Gasteiger partial charge is 0.476 e. The number of carbonyl (C=O) groups is 1. The third-order valence-corrected chi connectivity index (χ3v) is 1.03. The summed E-state index contributed by atoms with van der Waals surface area (Å²) in [5, 5.41) is 8.45. The summed E-state index contributed by atoms with van der Waals surface area (Å²) in [6.07, 6.45) is 3.66. The average molecular weight is 137 g/mol. The first-order chi connectivity index (χ1) is 4.72. The van der Waals surface area contributed by atoms with Crippen molar-refractivity contribution in [2.75, 3.05) is 0 Å². The predicted molar refractivity (Wildman–Crippen MR) is 32.6 cm³/mol. The van der Waals surface area contributed by atoms with Gasteiger partial charge in [-0.15, -0.1) is 0 Å². The Morgan fingerprint density at radius 1 is 1.80 bits per heavy atom. The smallest absolute Gasteiger partial charge is 0.356 e. The first-order valence-electron chi connectivity index (χ1n) is 2.65. The van der Waals surface area contributed by atoms with E-state index in [1.165, 1.54) is 6.20 Å². The summed E-state index contributed by atoms with van der Waals surface area (Å²) in [6, 6.07) is 0. The molecule has 0 saturated carbocycles. The maximum Gasteiger partial charge on any atom is 0.356 e. The Balaban J connectivity index is 3.15. The fraction of sp³-hybridized carbons (Fsp3) is 0.167. The Bertz CT molecular complexity index is 260. The van der Waals surface area contributed by atoms with Crippen LogP contribution in [0.2, 0.25) is 0 Å². The van der Waals surface area contributed by atoms with Crippen LogP contribution >= 0.6 is 0 Å². The van der Waals surface area contributed by atoms with Crippen molar-refractivity contribution in [2.24, 2.45) is 0 Å². The van der Waals surface area contributed by atoms with E-state index in [-0.39, 0.29) is 5.69 Å². The molecule has 4 nitrogen and oxygen atoms in total. The van der Waals surface area contributed by atoms with Gasteiger partial charge in [-0.05, 0) is 6.92 Å². The molecule has 10 heavy (non-hydrogen) atoms. The molecule has 0 spiro atoms. The standard InChI is InChI=1S/C6H5N2O2/c1-4-5(6(9)10)8-3-2-7-4/h3H,1H3,(H,9,10). The van der Waals surface area contributed by atoms with Gasteiger partial charge in [-0.2, -0.15) is 0 Å². The van der Waals surface area contributed by atoms with Gasteiger partial charge in [0.1, 0.15) is 6.20 Å². The number of nitrogens with zero attached hydrogens (tertiary/aromatic N) is 2. The minimum Gasteiger partial charge on any atom is -0.476 e. The van der Waals surface area contributed by atoms with Crippen LogP contribution in [0, 0.1) is 13.1 Å². The Morgan fingerprint density at radius 3 is 2.90 bits per heavy atom. The highest BCUT2D eigenvalue weighted by Crippen LogP contribution is 1.96. The number of hydrogen-bond acceptors (Lipinski definition) is 3. The van der Waals surface area contributed by atoms with Crippen molar-refractivity contribution in [1.82, 2.24) is 9.97 Å². The number of carboxylic acids is 1. The molecule has 0 fully saturated rings.